The molecule has 108 valence electrons. The summed E-state index contributed by atoms with van der Waals surface area (Å²) in [6, 6.07) is 2.50. The van der Waals surface area contributed by atoms with E-state index in [1.807, 2.05) is 0 Å². The third-order valence-electron chi connectivity index (χ3n) is 4.06. The van der Waals surface area contributed by atoms with Crippen molar-refractivity contribution in [3.05, 3.63) is 23.9 Å². The Kier molecular flexibility index (Phi) is 2.79. The van der Waals surface area contributed by atoms with Crippen LogP contribution in [0.5, 0.6) is 0 Å². The maximum atomic E-state index is 13.1. The standard InChI is InChI=1S/C13H13F3N2O2/c14-13(15,16)12(20)7-18(11(19)8-3-1-4-8)10-9(12)5-2-6-17-10/h2,5-6,8,20H,1,3-4,7H2. The molecule has 2 aliphatic rings. The number of anilines is 1. The minimum atomic E-state index is -4.85. The van der Waals surface area contributed by atoms with Crippen LogP contribution in [0.15, 0.2) is 18.3 Å². The highest BCUT2D eigenvalue weighted by Gasteiger charge is 2.62. The number of halogens is 3. The number of carbonyl (C=O) groups excluding carboxylic acids is 1. The van der Waals surface area contributed by atoms with Crippen LogP contribution in [0.2, 0.25) is 0 Å². The van der Waals surface area contributed by atoms with Crippen molar-refractivity contribution in [2.24, 2.45) is 5.92 Å². The van der Waals surface area contributed by atoms with Gasteiger partial charge in [-0.05, 0) is 18.9 Å². The summed E-state index contributed by atoms with van der Waals surface area (Å²) in [4.78, 5) is 17.0. The molecule has 2 heterocycles. The maximum Gasteiger partial charge on any atom is 0.423 e. The molecule has 1 unspecified atom stereocenters. The van der Waals surface area contributed by atoms with E-state index in [2.05, 4.69) is 4.98 Å². The number of fused-ring (bicyclic) bond motifs is 1. The molecule has 20 heavy (non-hydrogen) atoms. The lowest BCUT2D eigenvalue weighted by molar-refractivity contribution is -0.259. The van der Waals surface area contributed by atoms with Crippen LogP contribution in [0.4, 0.5) is 19.0 Å². The van der Waals surface area contributed by atoms with Crippen molar-refractivity contribution in [2.75, 3.05) is 11.4 Å². The van der Waals surface area contributed by atoms with Crippen LogP contribution in [-0.4, -0.2) is 28.7 Å². The molecule has 7 heteroatoms. The number of alkyl halides is 3. The van der Waals surface area contributed by atoms with Crippen molar-refractivity contribution in [1.29, 1.82) is 0 Å². The van der Waals surface area contributed by atoms with Gasteiger partial charge in [0.05, 0.1) is 6.54 Å². The Bertz CT molecular complexity index is 557. The molecule has 1 saturated carbocycles. The first-order chi connectivity index (χ1) is 9.34. The van der Waals surface area contributed by atoms with Crippen LogP contribution in [0.25, 0.3) is 0 Å². The zero-order chi connectivity index (χ0) is 14.5. The third-order valence-corrected chi connectivity index (χ3v) is 4.06. The molecular weight excluding hydrogens is 273 g/mol. The lowest BCUT2D eigenvalue weighted by Crippen LogP contribution is -2.48. The molecule has 0 radical (unpaired) electrons. The summed E-state index contributed by atoms with van der Waals surface area (Å²) in [7, 11) is 0. The minimum Gasteiger partial charge on any atom is -0.375 e. The van der Waals surface area contributed by atoms with Crippen LogP contribution in [-0.2, 0) is 10.4 Å². The summed E-state index contributed by atoms with van der Waals surface area (Å²) in [5.41, 5.74) is -3.38. The zero-order valence-corrected chi connectivity index (χ0v) is 10.5. The van der Waals surface area contributed by atoms with E-state index in [-0.39, 0.29) is 23.2 Å². The zero-order valence-electron chi connectivity index (χ0n) is 10.5. The van der Waals surface area contributed by atoms with Crippen LogP contribution < -0.4 is 4.90 Å². The van der Waals surface area contributed by atoms with Crippen molar-refractivity contribution >= 4 is 11.7 Å². The van der Waals surface area contributed by atoms with Gasteiger partial charge in [0.25, 0.3) is 0 Å². The van der Waals surface area contributed by atoms with Gasteiger partial charge >= 0.3 is 6.18 Å². The Labute approximate surface area is 113 Å². The van der Waals surface area contributed by atoms with Gasteiger partial charge < -0.3 is 5.11 Å². The molecule has 0 bridgehead atoms. The number of hydrogen-bond acceptors (Lipinski definition) is 3. The largest absolute Gasteiger partial charge is 0.423 e. The summed E-state index contributed by atoms with van der Waals surface area (Å²) in [5.74, 6) is -0.707. The van der Waals surface area contributed by atoms with Crippen molar-refractivity contribution in [3.63, 3.8) is 0 Å². The Morgan fingerprint density at radius 2 is 2.15 bits per heavy atom. The molecule has 4 nitrogen and oxygen atoms in total. The molecule has 1 aromatic rings. The second-order valence-electron chi connectivity index (χ2n) is 5.28. The van der Waals surface area contributed by atoms with Gasteiger partial charge in [0.2, 0.25) is 11.5 Å². The summed E-state index contributed by atoms with van der Waals surface area (Å²) in [5, 5.41) is 10.0. The summed E-state index contributed by atoms with van der Waals surface area (Å²) in [6.07, 6.45) is -1.26. The number of nitrogens with zero attached hydrogens (tertiary/aromatic N) is 2. The Hall–Kier alpha value is -1.63. The van der Waals surface area contributed by atoms with Crippen LogP contribution in [0.3, 0.4) is 0 Å². The second kappa shape index (κ2) is 4.18. The highest BCUT2D eigenvalue weighted by atomic mass is 19.4. The molecule has 3 rings (SSSR count). The molecule has 0 aromatic carbocycles. The number of rotatable bonds is 1. The first-order valence-electron chi connectivity index (χ1n) is 6.40. The molecule has 1 N–H and O–H groups in total. The second-order valence-corrected chi connectivity index (χ2v) is 5.28. The van der Waals surface area contributed by atoms with Gasteiger partial charge in [0, 0.05) is 17.7 Å². The summed E-state index contributed by atoms with van der Waals surface area (Å²) >= 11 is 0. The number of aliphatic hydroxyl groups is 1. The normalized spacial score (nSPS) is 26.3. The van der Waals surface area contributed by atoms with E-state index >= 15 is 0 Å². The lowest BCUT2D eigenvalue weighted by Gasteiger charge is -2.30. The minimum absolute atomic E-state index is 0.0794. The third kappa shape index (κ3) is 1.72. The molecule has 0 saturated heterocycles. The van der Waals surface area contributed by atoms with Crippen LogP contribution in [0.1, 0.15) is 24.8 Å². The van der Waals surface area contributed by atoms with E-state index in [1.54, 1.807) is 0 Å². The van der Waals surface area contributed by atoms with E-state index < -0.39 is 18.3 Å². The van der Waals surface area contributed by atoms with Gasteiger partial charge in [-0.2, -0.15) is 13.2 Å². The van der Waals surface area contributed by atoms with E-state index in [4.69, 9.17) is 0 Å². The van der Waals surface area contributed by atoms with Crippen molar-refractivity contribution < 1.29 is 23.1 Å². The van der Waals surface area contributed by atoms with Gasteiger partial charge in [-0.25, -0.2) is 4.98 Å². The fourth-order valence-corrected chi connectivity index (χ4v) is 2.62. The van der Waals surface area contributed by atoms with E-state index in [1.165, 1.54) is 18.3 Å². The first kappa shape index (κ1) is 13.4. The topological polar surface area (TPSA) is 53.4 Å². The number of aromatic nitrogens is 1. The van der Waals surface area contributed by atoms with Gasteiger partial charge in [0.1, 0.15) is 5.82 Å². The molecule has 1 fully saturated rings. The number of amides is 1. The van der Waals surface area contributed by atoms with E-state index in [9.17, 15) is 23.1 Å². The van der Waals surface area contributed by atoms with Crippen LogP contribution in [0, 0.1) is 5.92 Å². The van der Waals surface area contributed by atoms with Crippen molar-refractivity contribution in [3.8, 4) is 0 Å². The number of hydrogen-bond donors (Lipinski definition) is 1. The smallest absolute Gasteiger partial charge is 0.375 e. The highest BCUT2D eigenvalue weighted by Crippen LogP contribution is 2.48. The van der Waals surface area contributed by atoms with E-state index in [0.717, 1.165) is 11.3 Å². The quantitative estimate of drug-likeness (QED) is 0.859. The van der Waals surface area contributed by atoms with Gasteiger partial charge in [-0.15, -0.1) is 0 Å². The molecule has 1 amide bonds. The predicted molar refractivity (Wildman–Crippen MR) is 63.9 cm³/mol. The summed E-state index contributed by atoms with van der Waals surface area (Å²) < 4.78 is 39.4. The first-order valence-corrected chi connectivity index (χ1v) is 6.40. The average Bonchev–Trinajstić information content (AvgIpc) is 2.62. The fraction of sp³-hybridized carbons (Fsp3) is 0.538. The maximum absolute atomic E-state index is 13.1. The SMILES string of the molecule is O=C(C1CCC1)N1CC(O)(C(F)(F)F)c2cccnc21. The van der Waals surface area contributed by atoms with Gasteiger partial charge in [-0.3, -0.25) is 9.69 Å². The molecule has 1 aromatic heterocycles. The summed E-state index contributed by atoms with van der Waals surface area (Å²) in [6.45, 7) is -0.807. The van der Waals surface area contributed by atoms with Crippen molar-refractivity contribution in [2.45, 2.75) is 31.0 Å². The molecule has 0 spiro atoms. The Balaban J connectivity index is 2.02. The molecule has 1 atom stereocenters. The number of β-amino-alcohol motifs (C(OH)–C–C–N with tert-alkyl or cyclic N) is 1. The Morgan fingerprint density at radius 1 is 1.45 bits per heavy atom. The molecular formula is C13H13F3N2O2. The van der Waals surface area contributed by atoms with Crippen LogP contribution >= 0.6 is 0 Å². The number of carbonyl (C=O) groups is 1. The fourth-order valence-electron chi connectivity index (χ4n) is 2.62. The molecule has 1 aliphatic carbocycles. The van der Waals surface area contributed by atoms with E-state index in [0.29, 0.717) is 12.8 Å². The van der Waals surface area contributed by atoms with Gasteiger partial charge in [0.15, 0.2) is 0 Å². The average molecular weight is 286 g/mol. The number of pyridine rings is 1. The molecule has 1 aliphatic heterocycles. The lowest BCUT2D eigenvalue weighted by atomic mass is 9.84. The Morgan fingerprint density at radius 3 is 2.70 bits per heavy atom. The predicted octanol–water partition coefficient (Wildman–Crippen LogP) is 1.98. The monoisotopic (exact) mass is 286 g/mol. The van der Waals surface area contributed by atoms with Crippen molar-refractivity contribution in [1.82, 2.24) is 4.98 Å². The van der Waals surface area contributed by atoms with Gasteiger partial charge in [-0.1, -0.05) is 12.5 Å². The highest BCUT2D eigenvalue weighted by molar-refractivity contribution is 5.97.